The Bertz CT molecular complexity index is 934. The molecule has 3 N–H and O–H groups in total. The van der Waals surface area contributed by atoms with Crippen LogP contribution in [0.2, 0.25) is 0 Å². The third-order valence-electron chi connectivity index (χ3n) is 3.53. The van der Waals surface area contributed by atoms with Gasteiger partial charge in [0.15, 0.2) is 5.76 Å². The van der Waals surface area contributed by atoms with Crippen molar-refractivity contribution in [3.05, 3.63) is 75.9 Å². The molecule has 0 aliphatic carbocycles. The summed E-state index contributed by atoms with van der Waals surface area (Å²) in [5.74, 6) is -1.14. The Morgan fingerprint density at radius 1 is 0.962 bits per heavy atom. The van der Waals surface area contributed by atoms with Crippen LogP contribution in [0.3, 0.4) is 0 Å². The summed E-state index contributed by atoms with van der Waals surface area (Å²) < 4.78 is 5.05. The predicted molar refractivity (Wildman–Crippen MR) is 97.1 cm³/mol. The lowest BCUT2D eigenvalue weighted by Gasteiger charge is -2.10. The van der Waals surface area contributed by atoms with Crippen molar-refractivity contribution in [2.75, 3.05) is 5.32 Å². The fourth-order valence-electron chi connectivity index (χ4n) is 2.14. The summed E-state index contributed by atoms with van der Waals surface area (Å²) in [6.07, 6.45) is 1.40. The summed E-state index contributed by atoms with van der Waals surface area (Å²) >= 11 is 1.27. The highest BCUT2D eigenvalue weighted by molar-refractivity contribution is 7.12. The van der Waals surface area contributed by atoms with Gasteiger partial charge in [-0.15, -0.1) is 11.3 Å². The molecule has 3 amide bonds. The highest BCUT2D eigenvalue weighted by Crippen LogP contribution is 2.18. The molecule has 7 nitrogen and oxygen atoms in total. The van der Waals surface area contributed by atoms with E-state index in [0.717, 1.165) is 5.56 Å². The molecule has 132 valence electrons. The Morgan fingerprint density at radius 2 is 1.77 bits per heavy atom. The van der Waals surface area contributed by atoms with Gasteiger partial charge < -0.3 is 9.73 Å². The zero-order valence-electron chi connectivity index (χ0n) is 13.7. The molecule has 0 atom stereocenters. The Hall–Kier alpha value is -3.39. The summed E-state index contributed by atoms with van der Waals surface area (Å²) in [6.45, 7) is 1.80. The molecule has 3 rings (SSSR count). The molecule has 0 aliphatic heterocycles. The zero-order chi connectivity index (χ0) is 18.5. The zero-order valence-corrected chi connectivity index (χ0v) is 14.6. The smallest absolute Gasteiger partial charge is 0.291 e. The van der Waals surface area contributed by atoms with E-state index in [9.17, 15) is 14.4 Å². The van der Waals surface area contributed by atoms with E-state index in [1.807, 2.05) is 0 Å². The molecule has 3 aromatic rings. The first-order chi connectivity index (χ1) is 12.5. The van der Waals surface area contributed by atoms with E-state index < -0.39 is 17.7 Å². The van der Waals surface area contributed by atoms with E-state index in [1.54, 1.807) is 48.7 Å². The molecule has 0 saturated heterocycles. The first-order valence-corrected chi connectivity index (χ1v) is 8.52. The molecule has 0 aliphatic rings. The van der Waals surface area contributed by atoms with Gasteiger partial charge in [0.1, 0.15) is 0 Å². The number of thiophene rings is 1. The third-order valence-corrected chi connectivity index (χ3v) is 4.40. The SMILES string of the molecule is Cc1ccc(C(=O)NNC(=O)c2cccs2)cc1NC(=O)c1ccco1. The van der Waals surface area contributed by atoms with Crippen LogP contribution in [0.4, 0.5) is 5.69 Å². The van der Waals surface area contributed by atoms with Crippen LogP contribution >= 0.6 is 11.3 Å². The normalized spacial score (nSPS) is 10.2. The number of rotatable bonds is 4. The van der Waals surface area contributed by atoms with E-state index in [-0.39, 0.29) is 11.3 Å². The number of carbonyl (C=O) groups excluding carboxylic acids is 3. The molecule has 0 fully saturated rings. The number of nitrogens with one attached hydrogen (secondary N) is 3. The van der Waals surface area contributed by atoms with Gasteiger partial charge in [-0.2, -0.15) is 0 Å². The van der Waals surface area contributed by atoms with E-state index in [0.29, 0.717) is 10.6 Å². The number of anilines is 1. The third kappa shape index (κ3) is 3.98. The molecule has 1 aromatic carbocycles. The minimum Gasteiger partial charge on any atom is -0.459 e. The molecule has 0 radical (unpaired) electrons. The maximum Gasteiger partial charge on any atom is 0.291 e. The second kappa shape index (κ2) is 7.66. The van der Waals surface area contributed by atoms with Crippen LogP contribution in [0, 0.1) is 6.92 Å². The van der Waals surface area contributed by atoms with Crippen molar-refractivity contribution in [2.24, 2.45) is 0 Å². The molecule has 0 unspecified atom stereocenters. The van der Waals surface area contributed by atoms with E-state index in [4.69, 9.17) is 4.42 Å². The van der Waals surface area contributed by atoms with Crippen molar-refractivity contribution >= 4 is 34.7 Å². The summed E-state index contributed by atoms with van der Waals surface area (Å²) in [6, 6.07) is 11.4. The predicted octanol–water partition coefficient (Wildman–Crippen LogP) is 2.98. The number of carbonyl (C=O) groups is 3. The van der Waals surface area contributed by atoms with Crippen molar-refractivity contribution in [1.82, 2.24) is 10.9 Å². The van der Waals surface area contributed by atoms with Gasteiger partial charge in [0.2, 0.25) is 0 Å². The van der Waals surface area contributed by atoms with Crippen LogP contribution in [-0.2, 0) is 0 Å². The Kier molecular flexibility index (Phi) is 5.14. The minimum absolute atomic E-state index is 0.169. The van der Waals surface area contributed by atoms with Crippen LogP contribution in [0.1, 0.15) is 36.1 Å². The molecule has 8 heteroatoms. The molecular weight excluding hydrogens is 354 g/mol. The fourth-order valence-corrected chi connectivity index (χ4v) is 2.76. The average Bonchev–Trinajstić information content (AvgIpc) is 3.34. The summed E-state index contributed by atoms with van der Waals surface area (Å²) in [4.78, 5) is 36.7. The summed E-state index contributed by atoms with van der Waals surface area (Å²) in [5, 5.41) is 4.47. The molecule has 2 heterocycles. The Balaban J connectivity index is 1.67. The number of aryl methyl sites for hydroxylation is 1. The summed E-state index contributed by atoms with van der Waals surface area (Å²) in [7, 11) is 0. The lowest BCUT2D eigenvalue weighted by molar-refractivity contribution is 0.0849. The largest absolute Gasteiger partial charge is 0.459 e. The average molecular weight is 369 g/mol. The maximum atomic E-state index is 12.2. The lowest BCUT2D eigenvalue weighted by Crippen LogP contribution is -2.41. The summed E-state index contributed by atoms with van der Waals surface area (Å²) in [5.41, 5.74) is 6.25. The van der Waals surface area contributed by atoms with E-state index >= 15 is 0 Å². The first kappa shape index (κ1) is 17.4. The molecule has 2 aromatic heterocycles. The van der Waals surface area contributed by atoms with Crippen LogP contribution in [0.5, 0.6) is 0 Å². The molecule has 26 heavy (non-hydrogen) atoms. The number of amides is 3. The van der Waals surface area contributed by atoms with Crippen molar-refractivity contribution in [2.45, 2.75) is 6.92 Å². The quantitative estimate of drug-likeness (QED) is 0.616. The van der Waals surface area contributed by atoms with Crippen LogP contribution in [0.15, 0.2) is 58.5 Å². The van der Waals surface area contributed by atoms with Crippen LogP contribution in [0.25, 0.3) is 0 Å². The fraction of sp³-hybridized carbons (Fsp3) is 0.0556. The van der Waals surface area contributed by atoms with Crippen molar-refractivity contribution in [3.63, 3.8) is 0 Å². The van der Waals surface area contributed by atoms with Gasteiger partial charge in [-0.25, -0.2) is 0 Å². The van der Waals surface area contributed by atoms with Gasteiger partial charge in [0, 0.05) is 11.3 Å². The minimum atomic E-state index is -0.497. The number of hydrogen-bond acceptors (Lipinski definition) is 5. The van der Waals surface area contributed by atoms with Gasteiger partial charge in [-0.05, 0) is 48.2 Å². The monoisotopic (exact) mass is 369 g/mol. The van der Waals surface area contributed by atoms with Crippen molar-refractivity contribution < 1.29 is 18.8 Å². The topological polar surface area (TPSA) is 100 Å². The van der Waals surface area contributed by atoms with E-state index in [2.05, 4.69) is 16.2 Å². The number of hydrazine groups is 1. The van der Waals surface area contributed by atoms with Gasteiger partial charge in [-0.3, -0.25) is 25.2 Å². The van der Waals surface area contributed by atoms with Crippen LogP contribution < -0.4 is 16.2 Å². The van der Waals surface area contributed by atoms with Crippen molar-refractivity contribution in [3.8, 4) is 0 Å². The highest BCUT2D eigenvalue weighted by Gasteiger charge is 2.14. The second-order valence-corrected chi connectivity index (χ2v) is 6.29. The standard InChI is InChI=1S/C18H15N3O4S/c1-11-6-7-12(10-13(11)19-17(23)14-4-2-8-25-14)16(22)20-21-18(24)15-5-3-9-26-15/h2-10H,1H3,(H,19,23)(H,20,22)(H,21,24). The molecular formula is C18H15N3O4S. The number of hydrogen-bond donors (Lipinski definition) is 3. The molecule has 0 bridgehead atoms. The number of furan rings is 1. The van der Waals surface area contributed by atoms with E-state index in [1.165, 1.54) is 23.7 Å². The van der Waals surface area contributed by atoms with Gasteiger partial charge in [0.25, 0.3) is 17.7 Å². The highest BCUT2D eigenvalue weighted by atomic mass is 32.1. The number of benzene rings is 1. The Morgan fingerprint density at radius 3 is 2.46 bits per heavy atom. The second-order valence-electron chi connectivity index (χ2n) is 5.35. The van der Waals surface area contributed by atoms with Gasteiger partial charge in [-0.1, -0.05) is 12.1 Å². The Labute approximate surface area is 153 Å². The first-order valence-electron chi connectivity index (χ1n) is 7.64. The maximum absolute atomic E-state index is 12.2. The van der Waals surface area contributed by atoms with Gasteiger partial charge in [0.05, 0.1) is 11.1 Å². The van der Waals surface area contributed by atoms with Crippen LogP contribution in [-0.4, -0.2) is 17.7 Å². The van der Waals surface area contributed by atoms with Crippen molar-refractivity contribution in [1.29, 1.82) is 0 Å². The lowest BCUT2D eigenvalue weighted by atomic mass is 10.1. The molecule has 0 saturated carbocycles. The van der Waals surface area contributed by atoms with Gasteiger partial charge >= 0.3 is 0 Å². The molecule has 0 spiro atoms.